The maximum Gasteiger partial charge on any atom is 0.240 e. The fourth-order valence-corrected chi connectivity index (χ4v) is 2.26. The molecule has 0 radical (unpaired) electrons. The summed E-state index contributed by atoms with van der Waals surface area (Å²) in [7, 11) is 4.69. The number of carbonyl (C=O) groups excluding carboxylic acids is 1. The first-order valence-electron chi connectivity index (χ1n) is 7.25. The molecule has 1 aromatic rings. The number of hydrogen-bond donors (Lipinski definition) is 2. The molecule has 0 aliphatic heterocycles. The summed E-state index contributed by atoms with van der Waals surface area (Å²) in [5.41, 5.74) is 5.88. The number of methoxy groups -OCH3 is 3. The van der Waals surface area contributed by atoms with E-state index < -0.39 is 5.54 Å². The summed E-state index contributed by atoms with van der Waals surface area (Å²) < 4.78 is 15.9. The van der Waals surface area contributed by atoms with Gasteiger partial charge in [0.1, 0.15) is 17.2 Å². The van der Waals surface area contributed by atoms with Crippen LogP contribution < -0.4 is 25.3 Å². The molecule has 0 aliphatic carbocycles. The van der Waals surface area contributed by atoms with Gasteiger partial charge in [0.25, 0.3) is 0 Å². The monoisotopic (exact) mass is 310 g/mol. The Hall–Kier alpha value is -1.95. The summed E-state index contributed by atoms with van der Waals surface area (Å²) in [4.78, 5) is 12.2. The van der Waals surface area contributed by atoms with Gasteiger partial charge in [-0.15, -0.1) is 0 Å². The number of amides is 1. The predicted molar refractivity (Wildman–Crippen MR) is 85.4 cm³/mol. The second-order valence-corrected chi connectivity index (χ2v) is 5.36. The summed E-state index contributed by atoms with van der Waals surface area (Å²) >= 11 is 0. The molecule has 1 amide bonds. The second kappa shape index (κ2) is 7.89. The van der Waals surface area contributed by atoms with Crippen molar-refractivity contribution >= 4 is 5.91 Å². The van der Waals surface area contributed by atoms with E-state index in [0.29, 0.717) is 23.7 Å². The van der Waals surface area contributed by atoms with Gasteiger partial charge in [0.15, 0.2) is 0 Å². The van der Waals surface area contributed by atoms with Crippen LogP contribution in [-0.4, -0.2) is 32.8 Å². The molecule has 0 saturated heterocycles. The first-order chi connectivity index (χ1) is 10.4. The van der Waals surface area contributed by atoms with E-state index in [0.717, 1.165) is 12.0 Å². The SMILES string of the molecule is CCCC(C)(N)C(=O)NCc1c(OC)cc(OC)cc1OC. The molecule has 22 heavy (non-hydrogen) atoms. The molecule has 1 unspecified atom stereocenters. The maximum atomic E-state index is 12.2. The van der Waals surface area contributed by atoms with Gasteiger partial charge in [0.05, 0.1) is 39.0 Å². The van der Waals surface area contributed by atoms with Crippen molar-refractivity contribution in [2.45, 2.75) is 38.8 Å². The van der Waals surface area contributed by atoms with E-state index in [9.17, 15) is 4.79 Å². The highest BCUT2D eigenvalue weighted by Gasteiger charge is 2.27. The molecule has 0 aromatic heterocycles. The normalized spacial score (nSPS) is 13.2. The Bertz CT molecular complexity index is 490. The van der Waals surface area contributed by atoms with Crippen molar-refractivity contribution in [3.8, 4) is 17.2 Å². The highest BCUT2D eigenvalue weighted by molar-refractivity contribution is 5.85. The number of benzene rings is 1. The molecule has 0 fully saturated rings. The average molecular weight is 310 g/mol. The number of carbonyl (C=O) groups is 1. The first-order valence-corrected chi connectivity index (χ1v) is 7.25. The summed E-state index contributed by atoms with van der Waals surface area (Å²) in [6.07, 6.45) is 1.46. The molecular formula is C16H26N2O4. The topological polar surface area (TPSA) is 82.8 Å². The van der Waals surface area contributed by atoms with Crippen molar-refractivity contribution in [1.29, 1.82) is 0 Å². The van der Waals surface area contributed by atoms with Crippen molar-refractivity contribution < 1.29 is 19.0 Å². The number of nitrogens with one attached hydrogen (secondary N) is 1. The summed E-state index contributed by atoms with van der Waals surface area (Å²) in [5.74, 6) is 1.60. The zero-order chi connectivity index (χ0) is 16.8. The van der Waals surface area contributed by atoms with Crippen molar-refractivity contribution in [3.63, 3.8) is 0 Å². The van der Waals surface area contributed by atoms with Crippen LogP contribution in [0.15, 0.2) is 12.1 Å². The Labute approximate surface area is 131 Å². The molecule has 6 heteroatoms. The Kier molecular flexibility index (Phi) is 6.49. The average Bonchev–Trinajstić information content (AvgIpc) is 2.51. The lowest BCUT2D eigenvalue weighted by molar-refractivity contribution is -0.126. The van der Waals surface area contributed by atoms with E-state index in [1.165, 1.54) is 0 Å². The van der Waals surface area contributed by atoms with Gasteiger partial charge in [0, 0.05) is 12.1 Å². The fraction of sp³-hybridized carbons (Fsp3) is 0.562. The number of hydrogen-bond acceptors (Lipinski definition) is 5. The third kappa shape index (κ3) is 4.27. The van der Waals surface area contributed by atoms with Gasteiger partial charge < -0.3 is 25.3 Å². The van der Waals surface area contributed by atoms with E-state index in [4.69, 9.17) is 19.9 Å². The molecule has 0 spiro atoms. The fourth-order valence-electron chi connectivity index (χ4n) is 2.26. The maximum absolute atomic E-state index is 12.2. The van der Waals surface area contributed by atoms with E-state index in [2.05, 4.69) is 5.32 Å². The van der Waals surface area contributed by atoms with Gasteiger partial charge in [-0.1, -0.05) is 13.3 Å². The van der Waals surface area contributed by atoms with Crippen LogP contribution in [0.3, 0.4) is 0 Å². The van der Waals surface area contributed by atoms with Crippen LogP contribution in [0.1, 0.15) is 32.3 Å². The minimum atomic E-state index is -0.887. The van der Waals surface area contributed by atoms with Crippen molar-refractivity contribution in [3.05, 3.63) is 17.7 Å². The smallest absolute Gasteiger partial charge is 0.240 e. The number of ether oxygens (including phenoxy) is 3. The third-order valence-corrected chi connectivity index (χ3v) is 3.53. The lowest BCUT2D eigenvalue weighted by atomic mass is 9.96. The lowest BCUT2D eigenvalue weighted by Crippen LogP contribution is -2.51. The van der Waals surface area contributed by atoms with Crippen LogP contribution >= 0.6 is 0 Å². The molecule has 3 N–H and O–H groups in total. The van der Waals surface area contributed by atoms with Crippen LogP contribution in [0.4, 0.5) is 0 Å². The quantitative estimate of drug-likeness (QED) is 0.765. The van der Waals surface area contributed by atoms with Gasteiger partial charge in [-0.3, -0.25) is 4.79 Å². The summed E-state index contributed by atoms with van der Waals surface area (Å²) in [6, 6.07) is 3.50. The van der Waals surface area contributed by atoms with Crippen LogP contribution in [-0.2, 0) is 11.3 Å². The minimum absolute atomic E-state index is 0.200. The van der Waals surface area contributed by atoms with Gasteiger partial charge in [0.2, 0.25) is 5.91 Å². The van der Waals surface area contributed by atoms with Gasteiger partial charge >= 0.3 is 0 Å². The zero-order valence-electron chi connectivity index (χ0n) is 14.0. The zero-order valence-corrected chi connectivity index (χ0v) is 14.0. The van der Waals surface area contributed by atoms with Crippen molar-refractivity contribution in [1.82, 2.24) is 5.32 Å². The third-order valence-electron chi connectivity index (χ3n) is 3.53. The van der Waals surface area contributed by atoms with Crippen LogP contribution in [0.2, 0.25) is 0 Å². The molecule has 124 valence electrons. The molecule has 0 aliphatic rings. The van der Waals surface area contributed by atoms with Gasteiger partial charge in [-0.05, 0) is 13.3 Å². The standard InChI is InChI=1S/C16H26N2O4/c1-6-7-16(2,17)15(19)18-10-12-13(21-4)8-11(20-3)9-14(12)22-5/h8-9H,6-7,10,17H2,1-5H3,(H,18,19). The molecule has 0 bridgehead atoms. The van der Waals surface area contributed by atoms with E-state index >= 15 is 0 Å². The second-order valence-electron chi connectivity index (χ2n) is 5.36. The minimum Gasteiger partial charge on any atom is -0.496 e. The lowest BCUT2D eigenvalue weighted by Gasteiger charge is -2.23. The Morgan fingerprint density at radius 1 is 1.18 bits per heavy atom. The van der Waals surface area contributed by atoms with E-state index in [1.54, 1.807) is 40.4 Å². The molecule has 0 saturated carbocycles. The molecule has 1 atom stereocenters. The summed E-state index contributed by atoms with van der Waals surface area (Å²) in [5, 5.41) is 2.85. The molecule has 1 rings (SSSR count). The van der Waals surface area contributed by atoms with Gasteiger partial charge in [-0.2, -0.15) is 0 Å². The molecule has 0 heterocycles. The summed E-state index contributed by atoms with van der Waals surface area (Å²) in [6.45, 7) is 3.99. The molecule has 1 aromatic carbocycles. The first kappa shape index (κ1) is 18.1. The Balaban J connectivity index is 2.95. The number of rotatable bonds is 8. The van der Waals surface area contributed by atoms with Gasteiger partial charge in [-0.25, -0.2) is 0 Å². The van der Waals surface area contributed by atoms with E-state index in [1.807, 2.05) is 6.92 Å². The Morgan fingerprint density at radius 3 is 2.14 bits per heavy atom. The van der Waals surface area contributed by atoms with Crippen LogP contribution in [0, 0.1) is 0 Å². The predicted octanol–water partition coefficient (Wildman–Crippen LogP) is 1.85. The highest BCUT2D eigenvalue weighted by atomic mass is 16.5. The molecule has 6 nitrogen and oxygen atoms in total. The highest BCUT2D eigenvalue weighted by Crippen LogP contribution is 2.33. The molecular weight excluding hydrogens is 284 g/mol. The van der Waals surface area contributed by atoms with E-state index in [-0.39, 0.29) is 12.5 Å². The van der Waals surface area contributed by atoms with Crippen molar-refractivity contribution in [2.24, 2.45) is 5.73 Å². The van der Waals surface area contributed by atoms with Crippen molar-refractivity contribution in [2.75, 3.05) is 21.3 Å². The number of nitrogens with two attached hydrogens (primary N) is 1. The van der Waals surface area contributed by atoms with Crippen LogP contribution in [0.5, 0.6) is 17.2 Å². The largest absolute Gasteiger partial charge is 0.496 e. The Morgan fingerprint density at radius 2 is 1.73 bits per heavy atom. The van der Waals surface area contributed by atoms with Crippen LogP contribution in [0.25, 0.3) is 0 Å².